The summed E-state index contributed by atoms with van der Waals surface area (Å²) in [6, 6.07) is 11.4. The highest BCUT2D eigenvalue weighted by molar-refractivity contribution is 6.04. The molecule has 90 heavy (non-hydrogen) atoms. The van der Waals surface area contributed by atoms with Crippen LogP contribution in [-0.2, 0) is 4.74 Å². The Balaban J connectivity index is 0.000000165. The third-order valence-electron chi connectivity index (χ3n) is 19.5. The van der Waals surface area contributed by atoms with Crippen LogP contribution in [0.3, 0.4) is 0 Å². The number of aromatic hydroxyl groups is 2. The van der Waals surface area contributed by atoms with Gasteiger partial charge in [0.25, 0.3) is 0 Å². The maximum Gasteiger partial charge on any atom is 0.319 e. The van der Waals surface area contributed by atoms with Gasteiger partial charge in [0.15, 0.2) is 11.6 Å². The van der Waals surface area contributed by atoms with Gasteiger partial charge in [-0.2, -0.15) is 19.9 Å². The number of phenolic OH excluding ortho intramolecular Hbond substituents is 2. The normalized spacial score (nSPS) is 24.7. The number of aliphatic hydroxyl groups is 1. The summed E-state index contributed by atoms with van der Waals surface area (Å²) < 4.78 is 96.1. The van der Waals surface area contributed by atoms with Gasteiger partial charge in [-0.05, 0) is 145 Å². The molecule has 0 amide bonds. The number of terminal acetylenes is 2. The predicted octanol–water partition coefficient (Wildman–Crippen LogP) is 11.6. The zero-order valence-corrected chi connectivity index (χ0v) is 50.6. The molecule has 0 bridgehead atoms. The lowest BCUT2D eigenvalue weighted by molar-refractivity contribution is 0.0133. The van der Waals surface area contributed by atoms with Crippen LogP contribution < -0.4 is 19.3 Å². The number of phenols is 2. The molecule has 4 aromatic heterocycles. The van der Waals surface area contributed by atoms with Gasteiger partial charge in [0.05, 0.1) is 45.8 Å². The van der Waals surface area contributed by atoms with E-state index in [-0.39, 0.29) is 97.1 Å². The van der Waals surface area contributed by atoms with Gasteiger partial charge in [0.2, 0.25) is 0 Å². The highest BCUT2D eigenvalue weighted by atomic mass is 19.1. The smallest absolute Gasteiger partial charge is 0.319 e. The summed E-state index contributed by atoms with van der Waals surface area (Å²) in [5.41, 5.74) is -1.58. The summed E-state index contributed by atoms with van der Waals surface area (Å²) >= 11 is 0. The van der Waals surface area contributed by atoms with Gasteiger partial charge < -0.3 is 44.2 Å². The van der Waals surface area contributed by atoms with E-state index in [1.165, 1.54) is 60.9 Å². The molecule has 1 saturated carbocycles. The van der Waals surface area contributed by atoms with Crippen LogP contribution in [0.4, 0.5) is 33.6 Å². The minimum atomic E-state index is -0.959. The summed E-state index contributed by atoms with van der Waals surface area (Å²) in [5.74, 6) is 2.51. The number of benzene rings is 4. The van der Waals surface area contributed by atoms with Gasteiger partial charge in [-0.1, -0.05) is 30.4 Å². The number of alkyl halides is 1. The molecule has 4 aromatic carbocycles. The van der Waals surface area contributed by atoms with Crippen molar-refractivity contribution in [3.63, 3.8) is 0 Å². The van der Waals surface area contributed by atoms with Crippen LogP contribution >= 0.6 is 0 Å². The highest BCUT2D eigenvalue weighted by Gasteiger charge is 2.50. The van der Waals surface area contributed by atoms with Gasteiger partial charge in [0.1, 0.15) is 70.0 Å². The number of nitrogens with zero attached hydrogens (tertiary/aromatic N) is 10. The fourth-order valence-electron chi connectivity index (χ4n) is 15.3. The zero-order chi connectivity index (χ0) is 62.8. The molecule has 16 nitrogen and oxygen atoms in total. The van der Waals surface area contributed by atoms with Crippen LogP contribution in [-0.4, -0.2) is 157 Å². The lowest BCUT2D eigenvalue weighted by atomic mass is 9.76. The molecule has 5 saturated heterocycles. The van der Waals surface area contributed by atoms with Gasteiger partial charge in [0, 0.05) is 91.5 Å². The Hall–Kier alpha value is -8.21. The summed E-state index contributed by atoms with van der Waals surface area (Å²) in [6.07, 6.45) is 24.0. The number of fused-ring (bicyclic) bond motifs is 6. The van der Waals surface area contributed by atoms with Crippen LogP contribution in [0.5, 0.6) is 23.5 Å². The van der Waals surface area contributed by atoms with E-state index in [4.69, 9.17) is 37.0 Å². The molecule has 0 spiro atoms. The monoisotopic (exact) mass is 1230 g/mol. The van der Waals surface area contributed by atoms with E-state index in [0.29, 0.717) is 98.0 Å². The third-order valence-corrected chi connectivity index (χ3v) is 19.5. The van der Waals surface area contributed by atoms with Crippen LogP contribution in [0.1, 0.15) is 102 Å². The number of piperidine rings is 1. The Kier molecular flexibility index (Phi) is 16.3. The average molecular weight is 1230 g/mol. The second-order valence-electron chi connectivity index (χ2n) is 25.7. The number of anilines is 2. The van der Waals surface area contributed by atoms with Crippen LogP contribution in [0.25, 0.3) is 65.9 Å². The van der Waals surface area contributed by atoms with Gasteiger partial charge >= 0.3 is 12.0 Å². The maximum absolute atomic E-state index is 16.9. The average Bonchev–Trinajstić information content (AvgIpc) is 1.09. The minimum Gasteiger partial charge on any atom is -0.508 e. The Morgan fingerprint density at radius 1 is 0.678 bits per heavy atom. The van der Waals surface area contributed by atoms with Crippen molar-refractivity contribution in [2.24, 2.45) is 5.41 Å². The highest BCUT2D eigenvalue weighted by Crippen LogP contribution is 2.49. The molecule has 6 atom stereocenters. The van der Waals surface area contributed by atoms with Crippen LogP contribution in [0.15, 0.2) is 60.9 Å². The summed E-state index contributed by atoms with van der Waals surface area (Å²) in [4.78, 5) is 36.2. The topological polar surface area (TPSA) is 179 Å². The molecule has 1 aliphatic carbocycles. The van der Waals surface area contributed by atoms with E-state index >= 15 is 8.78 Å². The maximum atomic E-state index is 16.9. The molecular weight excluding hydrogens is 1160 g/mol. The molecule has 5 aliphatic heterocycles. The lowest BCUT2D eigenvalue weighted by Crippen LogP contribution is -2.50. The number of rotatable bonds is 10. The van der Waals surface area contributed by atoms with Crippen LogP contribution in [0, 0.1) is 53.4 Å². The van der Waals surface area contributed by atoms with Crippen molar-refractivity contribution in [1.82, 2.24) is 39.7 Å². The second kappa shape index (κ2) is 24.2. The van der Waals surface area contributed by atoms with Gasteiger partial charge in [-0.15, -0.1) is 12.8 Å². The SMILES string of the molecule is C#Cc1c(F)ccc2cc(O)cc(-c3ncc4c(N5CCCCC(C)(O)C5)nc(OCC56CCCC5N(C)CCC6)nc4c3F)c12.C#Cc1c(F)ccc2cc(O)cc(-c3ncc4c(N5CCCOC(C)C5)nc(OCC56CCCN5CC(F)C6)nc4c3F)c12. The van der Waals surface area contributed by atoms with Crippen molar-refractivity contribution in [2.75, 3.05) is 82.5 Å². The first-order valence-electron chi connectivity index (χ1n) is 31.1. The van der Waals surface area contributed by atoms with Crippen molar-refractivity contribution in [2.45, 2.75) is 120 Å². The Labute approximate surface area is 518 Å². The van der Waals surface area contributed by atoms with E-state index in [1.807, 2.05) is 16.7 Å². The van der Waals surface area contributed by atoms with Crippen LogP contribution in [0.2, 0.25) is 0 Å². The van der Waals surface area contributed by atoms with Crippen molar-refractivity contribution in [3.05, 3.63) is 95.3 Å². The molecule has 6 unspecified atom stereocenters. The Morgan fingerprint density at radius 2 is 1.26 bits per heavy atom. The quantitative estimate of drug-likeness (QED) is 0.0869. The van der Waals surface area contributed by atoms with E-state index in [1.54, 1.807) is 6.92 Å². The Morgan fingerprint density at radius 3 is 1.88 bits per heavy atom. The molecule has 468 valence electrons. The minimum absolute atomic E-state index is 0.00900. The van der Waals surface area contributed by atoms with E-state index in [9.17, 15) is 28.5 Å². The molecule has 9 heterocycles. The van der Waals surface area contributed by atoms with Crippen molar-refractivity contribution >= 4 is 55.0 Å². The lowest BCUT2D eigenvalue weighted by Gasteiger charge is -2.44. The molecule has 6 aliphatic rings. The summed E-state index contributed by atoms with van der Waals surface area (Å²) in [7, 11) is 2.17. The number of pyridine rings is 2. The number of halogens is 5. The summed E-state index contributed by atoms with van der Waals surface area (Å²) in [6.45, 7) is 9.25. The molecule has 6 fully saturated rings. The molecule has 0 radical (unpaired) electrons. The number of β-amino-alcohol motifs (C(OH)–C–C–N with tert-alkyl or cyclic N) is 1. The number of hydrogen-bond donors (Lipinski definition) is 3. The largest absolute Gasteiger partial charge is 0.508 e. The van der Waals surface area contributed by atoms with E-state index in [2.05, 4.69) is 48.6 Å². The van der Waals surface area contributed by atoms with Crippen molar-refractivity contribution in [3.8, 4) is 70.7 Å². The zero-order valence-electron chi connectivity index (χ0n) is 50.6. The molecule has 14 rings (SSSR count). The predicted molar refractivity (Wildman–Crippen MR) is 334 cm³/mol. The first-order valence-corrected chi connectivity index (χ1v) is 31.1. The van der Waals surface area contributed by atoms with E-state index < -0.39 is 40.6 Å². The molecular formula is C69H71F5N10O6. The number of hydrogen-bond acceptors (Lipinski definition) is 16. The first kappa shape index (κ1) is 60.7. The van der Waals surface area contributed by atoms with Gasteiger partial charge in [-0.3, -0.25) is 14.9 Å². The Bertz CT molecular complexity index is 4220. The standard InChI is InChI=1S/C36H39F2N5O3.C33H32F3N5O3/c1-4-24-27(37)11-10-22-17-23(44)18-25(29(22)24)31-30(38)32-26(19-39-31)33(43-16-6-5-12-35(2,45)20-43)41-34(40-32)46-21-36-13-7-9-28(36)42(3)15-8-14-36;1-3-23-26(35)7-6-20-12-22(42)13-24(27(20)23)29-28(36)30-25(15-37-29)31(40-9-5-11-43-19(2)16-40)39-32(38-30)44-18-33-8-4-10-41(33)17-21(34)14-33/h1,10-11,17-19,28,44-45H,5-9,12-16,20-21H2,2-3H3;1,6-7,12-13,15,19,21,42H,4-5,8-11,14,16-18H2,2H3. The van der Waals surface area contributed by atoms with Crippen molar-refractivity contribution < 1.29 is 51.5 Å². The first-order chi connectivity index (χ1) is 43.3. The second-order valence-corrected chi connectivity index (χ2v) is 25.7. The number of likely N-dealkylation sites (tertiary alicyclic amines) is 1. The molecule has 21 heteroatoms. The molecule has 8 aromatic rings. The number of aromatic nitrogens is 6. The fraction of sp³-hybridized carbons (Fsp3) is 0.449. The fourth-order valence-corrected chi connectivity index (χ4v) is 15.3. The summed E-state index contributed by atoms with van der Waals surface area (Å²) in [5, 5.41) is 34.3. The third kappa shape index (κ3) is 11.3. The molecule has 3 N–H and O–H groups in total. The van der Waals surface area contributed by atoms with Crippen molar-refractivity contribution in [1.29, 1.82) is 0 Å². The van der Waals surface area contributed by atoms with E-state index in [0.717, 1.165) is 77.3 Å². The number of ether oxygens (including phenoxy) is 3. The van der Waals surface area contributed by atoms with Gasteiger partial charge in [-0.25, -0.2) is 22.0 Å².